The molecular formula is C7H8N2O. The molecule has 3 nitrogen and oxygen atoms in total. The van der Waals surface area contributed by atoms with Crippen molar-refractivity contribution in [1.82, 2.24) is 4.98 Å². The maximum absolute atomic E-state index is 10.7. The molecule has 3 heteroatoms. The number of nitrogens with two attached hydrogens (primary N) is 1. The SMILES string of the molecule is [2H]c1ccnc(C(N)=O)c1C. The molecule has 0 saturated carbocycles. The first-order valence-electron chi connectivity index (χ1n) is 3.35. The minimum absolute atomic E-state index is 0.178. The van der Waals surface area contributed by atoms with E-state index >= 15 is 0 Å². The second kappa shape index (κ2) is 2.47. The zero-order valence-corrected chi connectivity index (χ0v) is 5.59. The standard InChI is InChI=1S/C7H8N2O/c1-5-3-2-4-9-6(5)7(8)10/h2-4H,1H3,(H2,8,10)/i3D. The minimum Gasteiger partial charge on any atom is -0.364 e. The number of carbonyl (C=O) groups is 1. The van der Waals surface area contributed by atoms with Gasteiger partial charge < -0.3 is 5.73 Å². The van der Waals surface area contributed by atoms with E-state index < -0.39 is 5.91 Å². The highest BCUT2D eigenvalue weighted by Gasteiger charge is 2.02. The fourth-order valence-corrected chi connectivity index (χ4v) is 0.688. The van der Waals surface area contributed by atoms with Crippen molar-refractivity contribution >= 4 is 5.91 Å². The molecule has 1 aromatic rings. The first kappa shape index (κ1) is 5.41. The Kier molecular flexibility index (Phi) is 1.34. The molecule has 10 heavy (non-hydrogen) atoms. The Hall–Kier alpha value is -1.38. The molecule has 0 radical (unpaired) electrons. The Labute approximate surface area is 60.3 Å². The molecule has 0 aliphatic heterocycles. The lowest BCUT2D eigenvalue weighted by molar-refractivity contribution is 0.0995. The van der Waals surface area contributed by atoms with E-state index in [0.717, 1.165) is 0 Å². The largest absolute Gasteiger partial charge is 0.364 e. The van der Waals surface area contributed by atoms with Crippen molar-refractivity contribution in [3.8, 4) is 0 Å². The normalized spacial score (nSPS) is 10.7. The number of aromatic nitrogens is 1. The van der Waals surface area contributed by atoms with E-state index in [1.54, 1.807) is 6.92 Å². The van der Waals surface area contributed by atoms with Crippen molar-refractivity contribution in [3.05, 3.63) is 29.6 Å². The first-order chi connectivity index (χ1) is 5.13. The smallest absolute Gasteiger partial charge is 0.267 e. The number of hydrogen-bond acceptors (Lipinski definition) is 2. The lowest BCUT2D eigenvalue weighted by Crippen LogP contribution is -2.14. The summed E-state index contributed by atoms with van der Waals surface area (Å²) in [6, 6.07) is 1.80. The molecule has 0 aliphatic carbocycles. The topological polar surface area (TPSA) is 56.0 Å². The average Bonchev–Trinajstić information content (AvgIpc) is 1.94. The van der Waals surface area contributed by atoms with E-state index in [9.17, 15) is 4.79 Å². The van der Waals surface area contributed by atoms with Crippen LogP contribution in [0.15, 0.2) is 18.3 Å². The zero-order chi connectivity index (χ0) is 8.43. The molecule has 1 aromatic heterocycles. The van der Waals surface area contributed by atoms with Crippen molar-refractivity contribution < 1.29 is 6.17 Å². The van der Waals surface area contributed by atoms with E-state index in [1.807, 2.05) is 0 Å². The highest BCUT2D eigenvalue weighted by atomic mass is 16.1. The van der Waals surface area contributed by atoms with E-state index in [0.29, 0.717) is 5.56 Å². The summed E-state index contributed by atoms with van der Waals surface area (Å²) >= 11 is 0. The number of amides is 1. The third-order valence-corrected chi connectivity index (χ3v) is 1.17. The Bertz CT molecular complexity index is 298. The fraction of sp³-hybridized carbons (Fsp3) is 0.143. The van der Waals surface area contributed by atoms with E-state index in [-0.39, 0.29) is 11.7 Å². The van der Waals surface area contributed by atoms with Crippen LogP contribution in [-0.2, 0) is 0 Å². The van der Waals surface area contributed by atoms with Crippen LogP contribution in [0.1, 0.15) is 17.4 Å². The predicted molar refractivity (Wildman–Crippen MR) is 37.5 cm³/mol. The molecule has 2 N–H and O–H groups in total. The van der Waals surface area contributed by atoms with Gasteiger partial charge in [-0.15, -0.1) is 0 Å². The zero-order valence-electron chi connectivity index (χ0n) is 6.59. The molecule has 52 valence electrons. The molecule has 0 unspecified atom stereocenters. The number of rotatable bonds is 1. The van der Waals surface area contributed by atoms with Crippen molar-refractivity contribution in [2.45, 2.75) is 6.92 Å². The number of primary amides is 1. The molecular weight excluding hydrogens is 128 g/mol. The highest BCUT2D eigenvalue weighted by molar-refractivity contribution is 5.92. The lowest BCUT2D eigenvalue weighted by Gasteiger charge is -1.96. The van der Waals surface area contributed by atoms with Crippen LogP contribution in [0.4, 0.5) is 0 Å². The van der Waals surface area contributed by atoms with Gasteiger partial charge in [-0.2, -0.15) is 0 Å². The van der Waals surface area contributed by atoms with Crippen LogP contribution in [0.2, 0.25) is 0 Å². The molecule has 0 aliphatic rings. The number of nitrogens with zero attached hydrogens (tertiary/aromatic N) is 1. The monoisotopic (exact) mass is 137 g/mol. The lowest BCUT2D eigenvalue weighted by atomic mass is 10.2. The van der Waals surface area contributed by atoms with Crippen molar-refractivity contribution in [2.75, 3.05) is 0 Å². The summed E-state index contributed by atoms with van der Waals surface area (Å²) in [6.07, 6.45) is 1.40. The summed E-state index contributed by atoms with van der Waals surface area (Å²) in [6.45, 7) is 1.65. The van der Waals surface area contributed by atoms with Crippen LogP contribution in [0.3, 0.4) is 0 Å². The van der Waals surface area contributed by atoms with Crippen LogP contribution in [0.5, 0.6) is 0 Å². The molecule has 0 atom stereocenters. The van der Waals surface area contributed by atoms with Crippen molar-refractivity contribution in [2.24, 2.45) is 5.73 Å². The number of carbonyl (C=O) groups excluding carboxylic acids is 1. The Balaban J connectivity index is 3.27. The van der Waals surface area contributed by atoms with E-state index in [4.69, 9.17) is 7.10 Å². The van der Waals surface area contributed by atoms with Gasteiger partial charge in [0.05, 0.1) is 1.37 Å². The van der Waals surface area contributed by atoms with Gasteiger partial charge in [0.25, 0.3) is 5.91 Å². The summed E-state index contributed by atoms with van der Waals surface area (Å²) in [5, 5.41) is 0. The van der Waals surface area contributed by atoms with Crippen molar-refractivity contribution in [1.29, 1.82) is 0 Å². The van der Waals surface area contributed by atoms with Gasteiger partial charge in [0, 0.05) is 6.20 Å². The van der Waals surface area contributed by atoms with Crippen molar-refractivity contribution in [3.63, 3.8) is 0 Å². The summed E-state index contributed by atoms with van der Waals surface area (Å²) < 4.78 is 7.31. The van der Waals surface area contributed by atoms with Gasteiger partial charge in [-0.3, -0.25) is 9.78 Å². The highest BCUT2D eigenvalue weighted by Crippen LogP contribution is 2.00. The van der Waals surface area contributed by atoms with Crippen LogP contribution in [-0.4, -0.2) is 10.9 Å². The summed E-state index contributed by atoms with van der Waals surface area (Å²) in [5.41, 5.74) is 5.70. The quantitative estimate of drug-likeness (QED) is 0.612. The van der Waals surface area contributed by atoms with Crippen LogP contribution < -0.4 is 5.73 Å². The third-order valence-electron chi connectivity index (χ3n) is 1.17. The molecule has 0 aromatic carbocycles. The van der Waals surface area contributed by atoms with Crippen LogP contribution in [0.25, 0.3) is 0 Å². The van der Waals surface area contributed by atoms with Gasteiger partial charge >= 0.3 is 0 Å². The minimum atomic E-state index is -0.586. The average molecular weight is 137 g/mol. The third kappa shape index (κ3) is 1.13. The van der Waals surface area contributed by atoms with E-state index in [1.165, 1.54) is 12.3 Å². The molecule has 1 heterocycles. The number of hydrogen-bond donors (Lipinski definition) is 1. The molecule has 1 amide bonds. The van der Waals surface area contributed by atoms with E-state index in [2.05, 4.69) is 4.98 Å². The number of pyridine rings is 1. The van der Waals surface area contributed by atoms with Gasteiger partial charge in [-0.1, -0.05) is 6.04 Å². The molecule has 0 spiro atoms. The molecule has 0 saturated heterocycles. The maximum Gasteiger partial charge on any atom is 0.267 e. The fourth-order valence-electron chi connectivity index (χ4n) is 0.688. The predicted octanol–water partition coefficient (Wildman–Crippen LogP) is 0.489. The van der Waals surface area contributed by atoms with Gasteiger partial charge in [0.1, 0.15) is 5.69 Å². The van der Waals surface area contributed by atoms with Gasteiger partial charge in [-0.25, -0.2) is 0 Å². The maximum atomic E-state index is 10.7. The van der Waals surface area contributed by atoms with Crippen LogP contribution >= 0.6 is 0 Å². The summed E-state index contributed by atoms with van der Waals surface area (Å²) in [5.74, 6) is -0.586. The summed E-state index contributed by atoms with van der Waals surface area (Å²) in [4.78, 5) is 14.4. The van der Waals surface area contributed by atoms with Gasteiger partial charge in [0.15, 0.2) is 0 Å². The Morgan fingerprint density at radius 1 is 1.90 bits per heavy atom. The van der Waals surface area contributed by atoms with Gasteiger partial charge in [0.2, 0.25) is 0 Å². The second-order valence-corrected chi connectivity index (χ2v) is 1.93. The Morgan fingerprint density at radius 3 is 3.10 bits per heavy atom. The first-order valence-corrected chi connectivity index (χ1v) is 2.85. The summed E-state index contributed by atoms with van der Waals surface area (Å²) in [7, 11) is 0. The molecule has 0 bridgehead atoms. The van der Waals surface area contributed by atoms with Crippen LogP contribution in [0, 0.1) is 6.92 Å². The second-order valence-electron chi connectivity index (χ2n) is 1.93. The van der Waals surface area contributed by atoms with Gasteiger partial charge in [-0.05, 0) is 18.6 Å². The molecule has 0 fully saturated rings. The Morgan fingerprint density at radius 2 is 2.60 bits per heavy atom. The molecule has 1 rings (SSSR count).